The molecule has 0 radical (unpaired) electrons. The first kappa shape index (κ1) is 21.2. The second kappa shape index (κ2) is 10.0. The summed E-state index contributed by atoms with van der Waals surface area (Å²) >= 11 is 2.24. The van der Waals surface area contributed by atoms with Gasteiger partial charge in [-0.05, 0) is 41.0 Å². The molecule has 0 fully saturated rings. The number of aliphatic hydroxyl groups is 1. The topological polar surface area (TPSA) is 40.5 Å². The van der Waals surface area contributed by atoms with E-state index in [1.54, 1.807) is 11.8 Å². The van der Waals surface area contributed by atoms with Gasteiger partial charge in [-0.3, -0.25) is 4.79 Å². The fourth-order valence-electron chi connectivity index (χ4n) is 2.67. The van der Waals surface area contributed by atoms with E-state index in [9.17, 15) is 9.90 Å². The third-order valence-corrected chi connectivity index (χ3v) is 5.79. The predicted octanol–water partition coefficient (Wildman–Crippen LogP) is 4.55. The van der Waals surface area contributed by atoms with Gasteiger partial charge in [-0.2, -0.15) is 0 Å². The van der Waals surface area contributed by atoms with Gasteiger partial charge in [0.1, 0.15) is 0 Å². The molecule has 0 aliphatic rings. The second-order valence-corrected chi connectivity index (χ2v) is 8.22. The highest BCUT2D eigenvalue weighted by molar-refractivity contribution is 14.1. The predicted molar refractivity (Wildman–Crippen MR) is 98.9 cm³/mol. The number of amides is 1. The molecule has 4 heteroatoms. The first-order valence-electron chi connectivity index (χ1n) is 8.35. The van der Waals surface area contributed by atoms with Crippen molar-refractivity contribution in [3.63, 3.8) is 0 Å². The zero-order chi connectivity index (χ0) is 16.6. The summed E-state index contributed by atoms with van der Waals surface area (Å²) in [5.41, 5.74) is -1.28. The Hall–Kier alpha value is 0.160. The van der Waals surface area contributed by atoms with Gasteiger partial charge < -0.3 is 10.0 Å². The minimum Gasteiger partial charge on any atom is -0.379 e. The molecule has 0 aromatic carbocycles. The molecular weight excluding hydrogens is 377 g/mol. The number of halogens is 1. The lowest BCUT2D eigenvalue weighted by atomic mass is 9.94. The van der Waals surface area contributed by atoms with Gasteiger partial charge in [0.25, 0.3) is 5.91 Å². The van der Waals surface area contributed by atoms with Gasteiger partial charge in [0.05, 0.1) is 0 Å². The summed E-state index contributed by atoms with van der Waals surface area (Å²) in [4.78, 5) is 14.5. The monoisotopic (exact) mass is 411 g/mol. The van der Waals surface area contributed by atoms with Crippen LogP contribution in [-0.4, -0.2) is 37.5 Å². The standard InChI is InChI=1S/C17H34INO2/c1-7-8-9-10-11-12-15(18)17(6,21)16(20)19(13(2)3)14(4)5/h13-15,21H,7-12H2,1-6H3/t15-,17-/m1/s1. The van der Waals surface area contributed by atoms with E-state index in [4.69, 9.17) is 0 Å². The normalized spacial score (nSPS) is 16.1. The number of nitrogens with zero attached hydrogens (tertiary/aromatic N) is 1. The number of hydrogen-bond donors (Lipinski definition) is 1. The van der Waals surface area contributed by atoms with Gasteiger partial charge in [-0.25, -0.2) is 0 Å². The number of hydrogen-bond acceptors (Lipinski definition) is 2. The van der Waals surface area contributed by atoms with Crippen molar-refractivity contribution in [2.45, 2.75) is 102 Å². The van der Waals surface area contributed by atoms with Crippen molar-refractivity contribution in [2.24, 2.45) is 0 Å². The van der Waals surface area contributed by atoms with Crippen molar-refractivity contribution in [3.8, 4) is 0 Å². The summed E-state index contributed by atoms with van der Waals surface area (Å²) in [5.74, 6) is -0.138. The number of carbonyl (C=O) groups is 1. The molecule has 0 aromatic heterocycles. The maximum Gasteiger partial charge on any atom is 0.255 e. The minimum atomic E-state index is -1.28. The van der Waals surface area contributed by atoms with E-state index < -0.39 is 5.60 Å². The SMILES string of the molecule is CCCCCCC[C@@H](I)[C@@](C)(O)C(=O)N(C(C)C)C(C)C. The van der Waals surface area contributed by atoms with E-state index >= 15 is 0 Å². The van der Waals surface area contributed by atoms with Crippen LogP contribution in [0.2, 0.25) is 0 Å². The van der Waals surface area contributed by atoms with Crippen LogP contribution in [0.25, 0.3) is 0 Å². The average molecular weight is 411 g/mol. The Kier molecular flexibility index (Phi) is 10.1. The zero-order valence-electron chi connectivity index (χ0n) is 14.7. The third kappa shape index (κ3) is 6.85. The third-order valence-electron chi connectivity index (χ3n) is 3.95. The summed E-state index contributed by atoms with van der Waals surface area (Å²) in [6, 6.07) is 0.217. The molecule has 0 rings (SSSR count). The summed E-state index contributed by atoms with van der Waals surface area (Å²) in [6.45, 7) is 11.9. The molecular formula is C17H34INO2. The smallest absolute Gasteiger partial charge is 0.255 e. The van der Waals surface area contributed by atoms with Gasteiger partial charge in [0.15, 0.2) is 5.60 Å². The van der Waals surface area contributed by atoms with Crippen molar-refractivity contribution in [1.29, 1.82) is 0 Å². The Bertz CT molecular complexity index is 295. The van der Waals surface area contributed by atoms with Gasteiger partial charge in [0, 0.05) is 16.0 Å². The van der Waals surface area contributed by atoms with Gasteiger partial charge in [-0.15, -0.1) is 0 Å². The van der Waals surface area contributed by atoms with Crippen molar-refractivity contribution >= 4 is 28.5 Å². The van der Waals surface area contributed by atoms with Crippen molar-refractivity contribution in [2.75, 3.05) is 0 Å². The van der Waals surface area contributed by atoms with Gasteiger partial charge in [-0.1, -0.05) is 61.6 Å². The molecule has 0 spiro atoms. The summed E-state index contributed by atoms with van der Waals surface area (Å²) in [5, 5.41) is 10.7. The molecule has 0 bridgehead atoms. The molecule has 0 saturated heterocycles. The fraction of sp³-hybridized carbons (Fsp3) is 0.941. The molecule has 1 amide bonds. The zero-order valence-corrected chi connectivity index (χ0v) is 16.8. The molecule has 1 N–H and O–H groups in total. The van der Waals surface area contributed by atoms with Crippen LogP contribution in [0.1, 0.15) is 80.1 Å². The molecule has 0 unspecified atom stereocenters. The highest BCUT2D eigenvalue weighted by atomic mass is 127. The quantitative estimate of drug-likeness (QED) is 0.326. The Morgan fingerprint density at radius 1 is 1.10 bits per heavy atom. The van der Waals surface area contributed by atoms with Crippen LogP contribution in [0.3, 0.4) is 0 Å². The van der Waals surface area contributed by atoms with E-state index in [-0.39, 0.29) is 21.9 Å². The summed E-state index contributed by atoms with van der Waals surface area (Å²) < 4.78 is -0.0378. The van der Waals surface area contributed by atoms with E-state index in [0.29, 0.717) is 0 Å². The van der Waals surface area contributed by atoms with Crippen LogP contribution in [0.5, 0.6) is 0 Å². The molecule has 0 aliphatic heterocycles. The minimum absolute atomic E-state index is 0.0378. The number of alkyl halides is 1. The van der Waals surface area contributed by atoms with E-state index in [1.165, 1.54) is 25.7 Å². The van der Waals surface area contributed by atoms with Crippen LogP contribution >= 0.6 is 22.6 Å². The maximum atomic E-state index is 12.7. The van der Waals surface area contributed by atoms with Crippen molar-refractivity contribution in [1.82, 2.24) is 4.90 Å². The van der Waals surface area contributed by atoms with Crippen molar-refractivity contribution in [3.05, 3.63) is 0 Å². The average Bonchev–Trinajstić information content (AvgIpc) is 2.37. The van der Waals surface area contributed by atoms with Gasteiger partial charge in [0.2, 0.25) is 0 Å². The van der Waals surface area contributed by atoms with Gasteiger partial charge >= 0.3 is 0 Å². The lowest BCUT2D eigenvalue weighted by Crippen LogP contribution is -2.56. The largest absolute Gasteiger partial charge is 0.379 e. The first-order valence-corrected chi connectivity index (χ1v) is 9.60. The Morgan fingerprint density at radius 3 is 2.00 bits per heavy atom. The Balaban J connectivity index is 4.58. The number of carbonyl (C=O) groups excluding carboxylic acids is 1. The second-order valence-electron chi connectivity index (χ2n) is 6.72. The van der Waals surface area contributed by atoms with Crippen LogP contribution in [0, 0.1) is 0 Å². The lowest BCUT2D eigenvalue weighted by molar-refractivity contribution is -0.153. The van der Waals surface area contributed by atoms with Crippen LogP contribution in [-0.2, 0) is 4.79 Å². The molecule has 126 valence electrons. The van der Waals surface area contributed by atoms with Crippen LogP contribution in [0.15, 0.2) is 0 Å². The molecule has 3 nitrogen and oxygen atoms in total. The molecule has 2 atom stereocenters. The highest BCUT2D eigenvalue weighted by Crippen LogP contribution is 2.28. The molecule has 0 aliphatic carbocycles. The Morgan fingerprint density at radius 2 is 1.57 bits per heavy atom. The highest BCUT2D eigenvalue weighted by Gasteiger charge is 2.41. The first-order chi connectivity index (χ1) is 9.66. The van der Waals surface area contributed by atoms with Crippen LogP contribution < -0.4 is 0 Å². The molecule has 0 heterocycles. The van der Waals surface area contributed by atoms with E-state index in [2.05, 4.69) is 29.5 Å². The summed E-state index contributed by atoms with van der Waals surface area (Å²) in [6.07, 6.45) is 6.93. The summed E-state index contributed by atoms with van der Waals surface area (Å²) in [7, 11) is 0. The lowest BCUT2D eigenvalue weighted by Gasteiger charge is -2.38. The van der Waals surface area contributed by atoms with E-state index in [1.807, 2.05) is 27.7 Å². The number of rotatable bonds is 10. The van der Waals surface area contributed by atoms with Crippen molar-refractivity contribution < 1.29 is 9.90 Å². The molecule has 0 saturated carbocycles. The molecule has 21 heavy (non-hydrogen) atoms. The van der Waals surface area contributed by atoms with Crippen LogP contribution in [0.4, 0.5) is 0 Å². The fourth-order valence-corrected chi connectivity index (χ4v) is 3.38. The van der Waals surface area contributed by atoms with E-state index in [0.717, 1.165) is 12.8 Å². The molecule has 0 aromatic rings. The Labute approximate surface area is 145 Å². The number of unbranched alkanes of at least 4 members (excludes halogenated alkanes) is 4. The maximum absolute atomic E-state index is 12.7.